The molecule has 120 valence electrons. The van der Waals surface area contributed by atoms with E-state index in [1.165, 1.54) is 5.56 Å². The van der Waals surface area contributed by atoms with Gasteiger partial charge in [-0.05, 0) is 54.8 Å². The quantitative estimate of drug-likeness (QED) is 0.817. The van der Waals surface area contributed by atoms with Crippen LogP contribution < -0.4 is 0 Å². The first-order chi connectivity index (χ1) is 11.5. The molecule has 0 aliphatic carbocycles. The van der Waals surface area contributed by atoms with Crippen LogP contribution in [0.5, 0.6) is 0 Å². The van der Waals surface area contributed by atoms with Crippen LogP contribution in [0.1, 0.15) is 29.2 Å². The summed E-state index contributed by atoms with van der Waals surface area (Å²) in [5.74, 6) is 0. The number of pyridine rings is 1. The fourth-order valence-electron chi connectivity index (χ4n) is 2.61. The second-order valence-electron chi connectivity index (χ2n) is 6.04. The molecule has 0 unspecified atom stereocenters. The maximum atomic E-state index is 4.76. The SMILES string of the molecule is C=C(C)c1cccc(CN2N=C(c3cnccc3C)C=CC2=C)c1. The molecular formula is C21H21N3. The average molecular weight is 315 g/mol. The van der Waals surface area contributed by atoms with Crippen LogP contribution in [0, 0.1) is 6.92 Å². The molecule has 3 rings (SSSR count). The number of aryl methyl sites for hydroxylation is 1. The summed E-state index contributed by atoms with van der Waals surface area (Å²) < 4.78 is 0. The third kappa shape index (κ3) is 3.35. The predicted molar refractivity (Wildman–Crippen MR) is 100 cm³/mol. The molecule has 0 spiro atoms. The average Bonchev–Trinajstić information content (AvgIpc) is 2.58. The van der Waals surface area contributed by atoms with Gasteiger partial charge in [-0.15, -0.1) is 0 Å². The number of hydrogen-bond acceptors (Lipinski definition) is 3. The van der Waals surface area contributed by atoms with E-state index in [2.05, 4.69) is 49.3 Å². The van der Waals surface area contributed by atoms with Crippen molar-refractivity contribution in [1.29, 1.82) is 0 Å². The van der Waals surface area contributed by atoms with E-state index in [1.807, 2.05) is 36.3 Å². The monoisotopic (exact) mass is 315 g/mol. The Hall–Kier alpha value is -2.94. The molecule has 2 aromatic rings. The Kier molecular flexibility index (Phi) is 4.43. The molecule has 0 atom stereocenters. The van der Waals surface area contributed by atoms with E-state index in [1.54, 1.807) is 6.20 Å². The molecule has 1 aromatic heterocycles. The summed E-state index contributed by atoms with van der Waals surface area (Å²) in [4.78, 5) is 4.21. The Morgan fingerprint density at radius 3 is 2.79 bits per heavy atom. The molecule has 2 heterocycles. The van der Waals surface area contributed by atoms with Gasteiger partial charge in [0.2, 0.25) is 0 Å². The minimum Gasteiger partial charge on any atom is -0.264 e. The van der Waals surface area contributed by atoms with Gasteiger partial charge in [0, 0.05) is 18.0 Å². The Morgan fingerprint density at radius 1 is 1.21 bits per heavy atom. The topological polar surface area (TPSA) is 28.5 Å². The van der Waals surface area contributed by atoms with E-state index in [-0.39, 0.29) is 0 Å². The standard InChI is InChI=1S/C21H21N3/c1-15(2)19-7-5-6-18(12-19)14-24-17(4)8-9-21(23-24)20-13-22-11-10-16(20)3/h5-13H,1,4,14H2,2-3H3. The molecule has 0 saturated heterocycles. The zero-order valence-corrected chi connectivity index (χ0v) is 14.2. The first kappa shape index (κ1) is 15.9. The molecule has 0 radical (unpaired) electrons. The minimum atomic E-state index is 0.674. The molecule has 1 aliphatic heterocycles. The molecule has 3 nitrogen and oxygen atoms in total. The van der Waals surface area contributed by atoms with Gasteiger partial charge in [-0.2, -0.15) is 5.10 Å². The van der Waals surface area contributed by atoms with Crippen molar-refractivity contribution >= 4 is 11.3 Å². The molecule has 0 saturated carbocycles. The molecule has 3 heteroatoms. The van der Waals surface area contributed by atoms with Crippen LogP contribution in [-0.2, 0) is 6.54 Å². The van der Waals surface area contributed by atoms with Crippen LogP contribution in [0.2, 0.25) is 0 Å². The molecule has 1 aromatic carbocycles. The highest BCUT2D eigenvalue weighted by Gasteiger charge is 2.14. The van der Waals surface area contributed by atoms with Crippen molar-refractivity contribution in [3.8, 4) is 0 Å². The van der Waals surface area contributed by atoms with Crippen LogP contribution in [0.25, 0.3) is 5.57 Å². The molecule has 0 fully saturated rings. The van der Waals surface area contributed by atoms with E-state index in [9.17, 15) is 0 Å². The predicted octanol–water partition coefficient (Wildman–Crippen LogP) is 4.71. The second kappa shape index (κ2) is 6.67. The summed E-state index contributed by atoms with van der Waals surface area (Å²) >= 11 is 0. The van der Waals surface area contributed by atoms with Crippen molar-refractivity contribution in [1.82, 2.24) is 9.99 Å². The lowest BCUT2D eigenvalue weighted by atomic mass is 10.0. The number of rotatable bonds is 4. The van der Waals surface area contributed by atoms with Gasteiger partial charge in [-0.25, -0.2) is 0 Å². The maximum Gasteiger partial charge on any atom is 0.0927 e. The van der Waals surface area contributed by atoms with Crippen molar-refractivity contribution in [3.05, 3.63) is 96.0 Å². The van der Waals surface area contributed by atoms with Gasteiger partial charge in [0.15, 0.2) is 0 Å². The zero-order valence-electron chi connectivity index (χ0n) is 14.2. The summed E-state index contributed by atoms with van der Waals surface area (Å²) in [7, 11) is 0. The van der Waals surface area contributed by atoms with Crippen molar-refractivity contribution in [2.24, 2.45) is 5.10 Å². The highest BCUT2D eigenvalue weighted by Crippen LogP contribution is 2.21. The van der Waals surface area contributed by atoms with Gasteiger partial charge < -0.3 is 0 Å². The Morgan fingerprint density at radius 2 is 2.04 bits per heavy atom. The highest BCUT2D eigenvalue weighted by molar-refractivity contribution is 6.10. The van der Waals surface area contributed by atoms with E-state index >= 15 is 0 Å². The molecule has 0 N–H and O–H groups in total. The number of benzene rings is 1. The van der Waals surface area contributed by atoms with Gasteiger partial charge in [-0.3, -0.25) is 9.99 Å². The smallest absolute Gasteiger partial charge is 0.0927 e. The number of hydrogen-bond donors (Lipinski definition) is 0. The van der Waals surface area contributed by atoms with Crippen LogP contribution in [-0.4, -0.2) is 15.7 Å². The van der Waals surface area contributed by atoms with Gasteiger partial charge in [0.25, 0.3) is 0 Å². The third-order valence-electron chi connectivity index (χ3n) is 4.06. The Balaban J connectivity index is 1.89. The van der Waals surface area contributed by atoms with Gasteiger partial charge >= 0.3 is 0 Å². The zero-order chi connectivity index (χ0) is 17.1. The lowest BCUT2D eigenvalue weighted by molar-refractivity contribution is 0.367. The van der Waals surface area contributed by atoms with E-state index in [0.29, 0.717) is 6.54 Å². The summed E-state index contributed by atoms with van der Waals surface area (Å²) in [6, 6.07) is 10.4. The molecule has 24 heavy (non-hydrogen) atoms. The van der Waals surface area contributed by atoms with Crippen LogP contribution in [0.3, 0.4) is 0 Å². The molecule has 0 amide bonds. The lowest BCUT2D eigenvalue weighted by Crippen LogP contribution is -2.21. The fourth-order valence-corrected chi connectivity index (χ4v) is 2.61. The fraction of sp³-hybridized carbons (Fsp3) is 0.143. The van der Waals surface area contributed by atoms with Crippen molar-refractivity contribution in [2.45, 2.75) is 20.4 Å². The Bertz CT molecular complexity index is 859. The largest absolute Gasteiger partial charge is 0.264 e. The van der Waals surface area contributed by atoms with E-state index < -0.39 is 0 Å². The molecular weight excluding hydrogens is 294 g/mol. The number of hydrazone groups is 1. The van der Waals surface area contributed by atoms with Crippen molar-refractivity contribution < 1.29 is 0 Å². The number of aromatic nitrogens is 1. The Labute approximate surface area is 143 Å². The van der Waals surface area contributed by atoms with Gasteiger partial charge in [0.05, 0.1) is 18.0 Å². The first-order valence-electron chi connectivity index (χ1n) is 7.93. The first-order valence-corrected chi connectivity index (χ1v) is 7.93. The highest BCUT2D eigenvalue weighted by atomic mass is 15.5. The number of nitrogens with zero attached hydrogens (tertiary/aromatic N) is 3. The van der Waals surface area contributed by atoms with E-state index in [4.69, 9.17) is 5.10 Å². The minimum absolute atomic E-state index is 0.674. The number of allylic oxidation sites excluding steroid dienone is 3. The van der Waals surface area contributed by atoms with Crippen LogP contribution in [0.15, 0.2) is 78.8 Å². The van der Waals surface area contributed by atoms with Crippen LogP contribution >= 0.6 is 0 Å². The third-order valence-corrected chi connectivity index (χ3v) is 4.06. The van der Waals surface area contributed by atoms with Gasteiger partial charge in [-0.1, -0.05) is 36.9 Å². The summed E-state index contributed by atoms with van der Waals surface area (Å²) in [5.41, 5.74) is 7.37. The maximum absolute atomic E-state index is 4.76. The lowest BCUT2D eigenvalue weighted by Gasteiger charge is -2.24. The van der Waals surface area contributed by atoms with Crippen LogP contribution in [0.4, 0.5) is 0 Å². The van der Waals surface area contributed by atoms with Crippen molar-refractivity contribution in [2.75, 3.05) is 0 Å². The summed E-state index contributed by atoms with van der Waals surface area (Å²) in [5, 5.41) is 6.69. The normalized spacial score (nSPS) is 13.8. The second-order valence-corrected chi connectivity index (χ2v) is 6.04. The summed E-state index contributed by atoms with van der Waals surface area (Å²) in [6.45, 7) is 12.9. The van der Waals surface area contributed by atoms with E-state index in [0.717, 1.165) is 33.7 Å². The van der Waals surface area contributed by atoms with Gasteiger partial charge in [0.1, 0.15) is 0 Å². The molecule has 0 bridgehead atoms. The summed E-state index contributed by atoms with van der Waals surface area (Å²) in [6.07, 6.45) is 7.64. The van der Waals surface area contributed by atoms with Crippen molar-refractivity contribution in [3.63, 3.8) is 0 Å². The molecule has 1 aliphatic rings.